The summed E-state index contributed by atoms with van der Waals surface area (Å²) in [5.41, 5.74) is 0. The number of thioether (sulfide) groups is 1. The molecule has 1 aliphatic carbocycles. The van der Waals surface area contributed by atoms with Crippen molar-refractivity contribution in [2.75, 3.05) is 18.2 Å². The lowest BCUT2D eigenvalue weighted by molar-refractivity contribution is -0.140. The Labute approximate surface area is 111 Å². The van der Waals surface area contributed by atoms with Crippen molar-refractivity contribution in [3.8, 4) is 0 Å². The van der Waals surface area contributed by atoms with Gasteiger partial charge in [-0.05, 0) is 18.3 Å². The van der Waals surface area contributed by atoms with Gasteiger partial charge in [-0.1, -0.05) is 19.8 Å². The highest BCUT2D eigenvalue weighted by Crippen LogP contribution is 2.30. The first-order valence-corrected chi connectivity index (χ1v) is 7.60. The quantitative estimate of drug-likeness (QED) is 0.818. The molecule has 0 bridgehead atoms. The van der Waals surface area contributed by atoms with Gasteiger partial charge in [0.15, 0.2) is 0 Å². The number of urea groups is 1. The third-order valence-electron chi connectivity index (χ3n) is 3.98. The Balaban J connectivity index is 1.82. The van der Waals surface area contributed by atoms with Gasteiger partial charge in [0.25, 0.3) is 0 Å². The second-order valence-corrected chi connectivity index (χ2v) is 6.18. The molecule has 102 valence electrons. The number of hydrogen-bond donors (Lipinski definition) is 2. The Bertz CT molecular complexity index is 337. The summed E-state index contributed by atoms with van der Waals surface area (Å²) in [5.74, 6) is 1.26. The summed E-state index contributed by atoms with van der Waals surface area (Å²) < 4.78 is 0. The van der Waals surface area contributed by atoms with E-state index in [0.717, 1.165) is 0 Å². The summed E-state index contributed by atoms with van der Waals surface area (Å²) in [7, 11) is 0. The summed E-state index contributed by atoms with van der Waals surface area (Å²) in [6.07, 6.45) is 3.63. The molecular formula is C12H20N2O3S. The van der Waals surface area contributed by atoms with Gasteiger partial charge in [-0.2, -0.15) is 0 Å². The topological polar surface area (TPSA) is 69.6 Å². The van der Waals surface area contributed by atoms with Crippen LogP contribution in [0.4, 0.5) is 4.79 Å². The number of nitrogens with zero attached hydrogens (tertiary/aromatic N) is 1. The lowest BCUT2D eigenvalue weighted by atomic mass is 9.98. The molecule has 0 aromatic rings. The molecule has 2 amide bonds. The molecule has 2 N–H and O–H groups in total. The third-order valence-corrected chi connectivity index (χ3v) is 5.00. The van der Waals surface area contributed by atoms with Crippen LogP contribution in [0.2, 0.25) is 0 Å². The maximum Gasteiger partial charge on any atom is 0.327 e. The van der Waals surface area contributed by atoms with Crippen LogP contribution in [0.1, 0.15) is 26.2 Å². The second kappa shape index (κ2) is 5.82. The zero-order valence-electron chi connectivity index (χ0n) is 10.6. The lowest BCUT2D eigenvalue weighted by Crippen LogP contribution is -2.48. The van der Waals surface area contributed by atoms with E-state index in [1.165, 1.54) is 35.9 Å². The first-order valence-electron chi connectivity index (χ1n) is 6.44. The van der Waals surface area contributed by atoms with E-state index in [0.29, 0.717) is 30.0 Å². The highest BCUT2D eigenvalue weighted by Gasteiger charge is 2.35. The van der Waals surface area contributed by atoms with Gasteiger partial charge in [0.1, 0.15) is 6.04 Å². The van der Waals surface area contributed by atoms with Crippen molar-refractivity contribution in [1.82, 2.24) is 10.2 Å². The average molecular weight is 272 g/mol. The van der Waals surface area contributed by atoms with Crippen molar-refractivity contribution in [1.29, 1.82) is 0 Å². The van der Waals surface area contributed by atoms with E-state index in [1.807, 2.05) is 0 Å². The summed E-state index contributed by atoms with van der Waals surface area (Å²) in [6.45, 7) is 2.89. The number of amides is 2. The van der Waals surface area contributed by atoms with Gasteiger partial charge in [-0.3, -0.25) is 0 Å². The summed E-state index contributed by atoms with van der Waals surface area (Å²) in [6, 6.07) is -0.900. The molecule has 2 aliphatic rings. The van der Waals surface area contributed by atoms with Crippen molar-refractivity contribution in [2.24, 2.45) is 11.8 Å². The van der Waals surface area contributed by atoms with Crippen molar-refractivity contribution in [3.05, 3.63) is 0 Å². The first kappa shape index (κ1) is 13.5. The van der Waals surface area contributed by atoms with Crippen LogP contribution in [-0.4, -0.2) is 46.2 Å². The van der Waals surface area contributed by atoms with Crippen LogP contribution in [-0.2, 0) is 4.79 Å². The van der Waals surface area contributed by atoms with Crippen LogP contribution >= 0.6 is 11.8 Å². The Hall–Kier alpha value is -0.910. The highest BCUT2D eigenvalue weighted by atomic mass is 32.2. The normalized spacial score (nSPS) is 31.6. The Morgan fingerprint density at radius 1 is 1.44 bits per heavy atom. The molecule has 18 heavy (non-hydrogen) atoms. The SMILES string of the molecule is CC1CCCC1CNC(=O)N1CSCC1C(=O)O. The van der Waals surface area contributed by atoms with Crippen LogP contribution in [0.15, 0.2) is 0 Å². The maximum atomic E-state index is 12.0. The monoisotopic (exact) mass is 272 g/mol. The van der Waals surface area contributed by atoms with Gasteiger partial charge in [-0.15, -0.1) is 11.8 Å². The molecule has 1 saturated heterocycles. The third kappa shape index (κ3) is 2.91. The molecule has 2 rings (SSSR count). The van der Waals surface area contributed by atoms with E-state index in [-0.39, 0.29) is 6.03 Å². The molecule has 1 saturated carbocycles. The fourth-order valence-electron chi connectivity index (χ4n) is 2.69. The Kier molecular flexibility index (Phi) is 4.37. The summed E-state index contributed by atoms with van der Waals surface area (Å²) >= 11 is 1.49. The fraction of sp³-hybridized carbons (Fsp3) is 0.833. The highest BCUT2D eigenvalue weighted by molar-refractivity contribution is 7.99. The van der Waals surface area contributed by atoms with Crippen LogP contribution in [0, 0.1) is 11.8 Å². The van der Waals surface area contributed by atoms with Gasteiger partial charge >= 0.3 is 12.0 Å². The molecule has 0 spiro atoms. The average Bonchev–Trinajstić information content (AvgIpc) is 2.94. The first-order chi connectivity index (χ1) is 8.59. The number of nitrogens with one attached hydrogen (secondary N) is 1. The van der Waals surface area contributed by atoms with Crippen LogP contribution in [0.5, 0.6) is 0 Å². The second-order valence-electron chi connectivity index (χ2n) is 5.18. The molecule has 5 nitrogen and oxygen atoms in total. The number of hydrogen-bond acceptors (Lipinski definition) is 3. The van der Waals surface area contributed by atoms with E-state index in [4.69, 9.17) is 5.11 Å². The smallest absolute Gasteiger partial charge is 0.327 e. The zero-order valence-corrected chi connectivity index (χ0v) is 11.4. The van der Waals surface area contributed by atoms with Gasteiger partial charge < -0.3 is 15.3 Å². The minimum absolute atomic E-state index is 0.230. The van der Waals surface area contributed by atoms with E-state index >= 15 is 0 Å². The predicted molar refractivity (Wildman–Crippen MR) is 70.5 cm³/mol. The molecule has 3 unspecified atom stereocenters. The fourth-order valence-corrected chi connectivity index (χ4v) is 3.84. The molecule has 6 heteroatoms. The number of aliphatic carboxylic acids is 1. The number of carboxylic acids is 1. The van der Waals surface area contributed by atoms with Gasteiger partial charge in [0.05, 0.1) is 5.88 Å². The predicted octanol–water partition coefficient (Wildman–Crippen LogP) is 1.59. The lowest BCUT2D eigenvalue weighted by Gasteiger charge is -2.23. The minimum atomic E-state index is -0.913. The number of rotatable bonds is 3. The van der Waals surface area contributed by atoms with Gasteiger partial charge in [0, 0.05) is 12.3 Å². The van der Waals surface area contributed by atoms with E-state index < -0.39 is 12.0 Å². The Morgan fingerprint density at radius 2 is 2.22 bits per heavy atom. The van der Waals surface area contributed by atoms with E-state index in [2.05, 4.69) is 12.2 Å². The molecule has 1 heterocycles. The zero-order chi connectivity index (χ0) is 13.1. The van der Waals surface area contributed by atoms with Crippen LogP contribution in [0.3, 0.4) is 0 Å². The van der Waals surface area contributed by atoms with Crippen molar-refractivity contribution in [3.63, 3.8) is 0 Å². The molecular weight excluding hydrogens is 252 g/mol. The Morgan fingerprint density at radius 3 is 2.83 bits per heavy atom. The molecule has 0 radical (unpaired) electrons. The molecule has 2 fully saturated rings. The minimum Gasteiger partial charge on any atom is -0.480 e. The summed E-state index contributed by atoms with van der Waals surface area (Å²) in [5, 5.41) is 11.9. The largest absolute Gasteiger partial charge is 0.480 e. The summed E-state index contributed by atoms with van der Waals surface area (Å²) in [4.78, 5) is 24.4. The van der Waals surface area contributed by atoms with E-state index in [9.17, 15) is 9.59 Å². The van der Waals surface area contributed by atoms with Gasteiger partial charge in [-0.25, -0.2) is 9.59 Å². The van der Waals surface area contributed by atoms with E-state index in [1.54, 1.807) is 0 Å². The van der Waals surface area contributed by atoms with Crippen LogP contribution < -0.4 is 5.32 Å². The number of carboxylic acid groups (broad SMARTS) is 1. The van der Waals surface area contributed by atoms with Crippen molar-refractivity contribution >= 4 is 23.8 Å². The van der Waals surface area contributed by atoms with Crippen molar-refractivity contribution < 1.29 is 14.7 Å². The van der Waals surface area contributed by atoms with Crippen molar-refractivity contribution in [2.45, 2.75) is 32.2 Å². The maximum absolute atomic E-state index is 12.0. The molecule has 1 aliphatic heterocycles. The molecule has 0 aromatic heterocycles. The van der Waals surface area contributed by atoms with Gasteiger partial charge in [0.2, 0.25) is 0 Å². The standard InChI is InChI=1S/C12H20N2O3S/c1-8-3-2-4-9(8)5-13-12(17)14-7-18-6-10(14)11(15)16/h8-10H,2-7H2,1H3,(H,13,17)(H,15,16). The number of carbonyl (C=O) groups excluding carboxylic acids is 1. The molecule has 3 atom stereocenters. The number of carbonyl (C=O) groups is 2. The molecule has 0 aromatic carbocycles. The van der Waals surface area contributed by atoms with Crippen LogP contribution in [0.25, 0.3) is 0 Å².